The summed E-state index contributed by atoms with van der Waals surface area (Å²) in [6, 6.07) is 53.4. The highest BCUT2D eigenvalue weighted by Gasteiger charge is 2.46. The number of benzene rings is 16. The van der Waals surface area contributed by atoms with E-state index in [1.54, 1.807) is 36.4 Å². The molecule has 0 atom stereocenters. The molecule has 16 aromatic carbocycles. The van der Waals surface area contributed by atoms with Crippen molar-refractivity contribution in [3.8, 4) is 67.0 Å². The van der Waals surface area contributed by atoms with Crippen LogP contribution in [0.4, 0.5) is 51.2 Å². The molecule has 0 saturated heterocycles. The molecule has 0 radical (unpaired) electrons. The zero-order valence-corrected chi connectivity index (χ0v) is 57.2. The number of aromatic nitrogens is 2. The first-order valence-electron chi connectivity index (χ1n) is 47.7. The van der Waals surface area contributed by atoms with E-state index in [0.29, 0.717) is 72.8 Å². The lowest BCUT2D eigenvalue weighted by Crippen LogP contribution is -2.61. The highest BCUT2D eigenvalue weighted by Crippen LogP contribution is 2.54. The van der Waals surface area contributed by atoms with E-state index in [9.17, 15) is 27.4 Å². The Kier molecular flexibility index (Phi) is 9.76. The van der Waals surface area contributed by atoms with Crippen molar-refractivity contribution in [1.29, 1.82) is 0 Å². The minimum Gasteiger partial charge on any atom is -0.311 e. The van der Waals surface area contributed by atoms with Gasteiger partial charge in [-0.05, 0) is 193 Å². The highest BCUT2D eigenvalue weighted by atomic mass is 15.2. The maximum atomic E-state index is 10.2. The number of para-hydroxylation sites is 5. The average molecular weight is 1380 g/mol. The Morgan fingerprint density at radius 3 is 1.22 bits per heavy atom. The number of rotatable bonds is 12. The van der Waals surface area contributed by atoms with Crippen LogP contribution in [0, 0.1) is 0 Å². The third-order valence-electron chi connectivity index (χ3n) is 20.2. The predicted octanol–water partition coefficient (Wildman–Crippen LogP) is 25.1. The maximum absolute atomic E-state index is 10.2. The van der Waals surface area contributed by atoms with E-state index in [1.165, 1.54) is 26.2 Å². The smallest absolute Gasteiger partial charge is 0.252 e. The van der Waals surface area contributed by atoms with Crippen LogP contribution in [-0.2, 0) is 5.41 Å². The van der Waals surface area contributed by atoms with Crippen LogP contribution in [0.2, 0.25) is 0 Å². The van der Waals surface area contributed by atoms with E-state index < -0.39 is 169 Å². The molecular weight excluding hydrogens is 1280 g/mol. The molecule has 2 aromatic heterocycles. The topological polar surface area (TPSA) is 19.6 Å². The van der Waals surface area contributed by atoms with Gasteiger partial charge in [0.25, 0.3) is 6.71 Å². The minimum absolute atomic E-state index is 0.0731. The van der Waals surface area contributed by atoms with Gasteiger partial charge in [-0.2, -0.15) is 0 Å². The Balaban J connectivity index is 0.983. The van der Waals surface area contributed by atoms with Crippen LogP contribution in [0.1, 0.15) is 62.0 Å². The molecular formula is C100H72BN5. The van der Waals surface area contributed by atoms with Crippen LogP contribution in [0.15, 0.2) is 382 Å². The van der Waals surface area contributed by atoms with Crippen molar-refractivity contribution in [3.63, 3.8) is 0 Å². The SMILES string of the molecule is [2H]c1c([2H])c([2H])c(-c2ccc3c(c2)N(c2c(-c4ccccc4)cc(C(C)(C)C)cc2-c2ccccc2)c2cc(-n4c5c([2H])c([2H])c([2H])c([2H])c5c5c([2H])c([2H])c([2H])c([2H])c54)cc4c2B3c2ccc(N(c3ccc(-n5c6c([2H])c([2H])c([2H])c([2H])c6c6c([2H])c([2H])c([2H])c([2H])c65)cc3)c3c([2H])c([2H])c([2H])c([2H])c3[2H])cc2N4c2cc(-c3ccccc3)cc(-c3ccccc3)c2)c([2H])c1[2H]. The molecule has 4 heterocycles. The average Bonchev–Trinajstić information content (AvgIpc) is 1.64. The van der Waals surface area contributed by atoms with E-state index in [2.05, 4.69) is 43.9 Å². The van der Waals surface area contributed by atoms with E-state index >= 15 is 0 Å². The fraction of sp³-hybridized carbons (Fsp3) is 0.0400. The standard InChI is InChI=1S/C100H72BN5/c1-100(2,3)75-62-86(70-36-16-7-17-37-70)99(87(63-75)71-38-18-8-19-39-71)106-94-61-72(67-30-10-4-11-31-67)50-56-88(94)101-89-57-55-79(102(76-40-20-9-21-41-76)77-51-53-78(54-52-77)103-90-46-26-22-42-82(90)83-43-23-27-47-91(83)103)64-95(89)105(80-59-73(68-32-12-5-13-33-68)58-74(60-80)69-34-14-6-15-35-69)96-65-81(66-97(106)98(96)101)104-92-48-28-24-44-84(92)85-45-25-29-49-93(85)104/h4-66H,1-3H3/i4D,9D,10D,11D,20D,21D,22D,23D,24D,25D,26D,27D,28D,29D,30D,31D,40D,41D,42D,43D,44D,45D,46D,47D,48D,49D. The van der Waals surface area contributed by atoms with Gasteiger partial charge in [0.2, 0.25) is 0 Å². The van der Waals surface area contributed by atoms with Crippen LogP contribution in [0.25, 0.3) is 111 Å². The largest absolute Gasteiger partial charge is 0.311 e. The second-order valence-corrected chi connectivity index (χ2v) is 27.3. The fourth-order valence-corrected chi connectivity index (χ4v) is 15.5. The van der Waals surface area contributed by atoms with Crippen molar-refractivity contribution in [2.24, 2.45) is 0 Å². The maximum Gasteiger partial charge on any atom is 0.252 e. The van der Waals surface area contributed by atoms with Gasteiger partial charge in [-0.3, -0.25) is 0 Å². The van der Waals surface area contributed by atoms with Gasteiger partial charge in [0, 0.05) is 83.9 Å². The highest BCUT2D eigenvalue weighted by molar-refractivity contribution is 7.00. The van der Waals surface area contributed by atoms with Gasteiger partial charge in [-0.15, -0.1) is 0 Å². The first-order chi connectivity index (χ1) is 63.0. The lowest BCUT2D eigenvalue weighted by molar-refractivity contribution is 0.591. The van der Waals surface area contributed by atoms with Crippen LogP contribution in [0.3, 0.4) is 0 Å². The second-order valence-electron chi connectivity index (χ2n) is 27.3. The second kappa shape index (κ2) is 25.2. The summed E-state index contributed by atoms with van der Waals surface area (Å²) in [6.07, 6.45) is 0. The van der Waals surface area contributed by atoms with Gasteiger partial charge in [-0.25, -0.2) is 0 Å². The molecule has 0 N–H and O–H groups in total. The normalized spacial score (nSPS) is 15.9. The minimum atomic E-state index is -1.03. The zero-order valence-electron chi connectivity index (χ0n) is 83.2. The van der Waals surface area contributed by atoms with Crippen molar-refractivity contribution < 1.29 is 35.6 Å². The molecule has 0 spiro atoms. The first-order valence-corrected chi connectivity index (χ1v) is 34.7. The van der Waals surface area contributed by atoms with E-state index in [4.69, 9.17) is 8.22 Å². The molecule has 2 aliphatic rings. The van der Waals surface area contributed by atoms with Crippen molar-refractivity contribution in [2.45, 2.75) is 26.2 Å². The Bertz CT molecular complexity index is 7760. The van der Waals surface area contributed by atoms with E-state index in [0.717, 1.165) is 27.8 Å². The number of hydrogen-bond acceptors (Lipinski definition) is 3. The summed E-state index contributed by atoms with van der Waals surface area (Å²) in [4.78, 5) is 5.55. The van der Waals surface area contributed by atoms with E-state index in [1.807, 2.05) is 163 Å². The molecule has 2 aliphatic heterocycles. The third-order valence-corrected chi connectivity index (χ3v) is 20.2. The van der Waals surface area contributed by atoms with Gasteiger partial charge >= 0.3 is 0 Å². The fourth-order valence-electron chi connectivity index (χ4n) is 15.5. The predicted molar refractivity (Wildman–Crippen MR) is 450 cm³/mol. The number of hydrogen-bond donors (Lipinski definition) is 0. The van der Waals surface area contributed by atoms with Crippen molar-refractivity contribution in [1.82, 2.24) is 9.13 Å². The molecule has 0 amide bonds. The molecule has 5 nitrogen and oxygen atoms in total. The molecule has 0 fully saturated rings. The first kappa shape index (κ1) is 41.0. The molecule has 6 heteroatoms. The zero-order chi connectivity index (χ0) is 93.2. The molecule has 0 aliphatic carbocycles. The summed E-state index contributed by atoms with van der Waals surface area (Å²) in [5, 5.41) is -0.807. The summed E-state index contributed by atoms with van der Waals surface area (Å²) in [5.74, 6) is 0. The van der Waals surface area contributed by atoms with Gasteiger partial charge in [0.15, 0.2) is 0 Å². The third kappa shape index (κ3) is 10.4. The number of nitrogens with zero attached hydrogens (tertiary/aromatic N) is 5. The Morgan fingerprint density at radius 1 is 0.292 bits per heavy atom. The van der Waals surface area contributed by atoms with Crippen LogP contribution in [-0.4, -0.2) is 15.8 Å². The lowest BCUT2D eigenvalue weighted by atomic mass is 9.33. The van der Waals surface area contributed by atoms with E-state index in [-0.39, 0.29) is 83.2 Å². The van der Waals surface area contributed by atoms with Crippen molar-refractivity contribution in [2.75, 3.05) is 14.7 Å². The van der Waals surface area contributed by atoms with Crippen LogP contribution >= 0.6 is 0 Å². The molecule has 18 aromatic rings. The van der Waals surface area contributed by atoms with Crippen molar-refractivity contribution >= 4 is 118 Å². The van der Waals surface area contributed by atoms with Gasteiger partial charge in [0.1, 0.15) is 0 Å². The van der Waals surface area contributed by atoms with Gasteiger partial charge in [-0.1, -0.05) is 281 Å². The van der Waals surface area contributed by atoms with Crippen molar-refractivity contribution in [3.05, 3.63) is 387 Å². The quantitative estimate of drug-likeness (QED) is 0.114. The summed E-state index contributed by atoms with van der Waals surface area (Å²) < 4.78 is 248. The van der Waals surface area contributed by atoms with Crippen LogP contribution < -0.4 is 31.1 Å². The number of anilines is 9. The summed E-state index contributed by atoms with van der Waals surface area (Å²) in [6.45, 7) is 5.30. The Labute approximate surface area is 655 Å². The Hall–Kier alpha value is -13.4. The van der Waals surface area contributed by atoms with Gasteiger partial charge < -0.3 is 23.8 Å². The molecule has 0 saturated carbocycles. The van der Waals surface area contributed by atoms with Crippen LogP contribution in [0.5, 0.6) is 0 Å². The number of fused-ring (bicyclic) bond motifs is 10. The van der Waals surface area contributed by atoms with Gasteiger partial charge in [0.05, 0.1) is 69.1 Å². The molecule has 0 unspecified atom stereocenters. The Morgan fingerprint density at radius 2 is 0.717 bits per heavy atom. The summed E-state index contributed by atoms with van der Waals surface area (Å²) in [7, 11) is 0. The molecule has 500 valence electrons. The summed E-state index contributed by atoms with van der Waals surface area (Å²) >= 11 is 0. The molecule has 20 rings (SSSR count). The lowest BCUT2D eigenvalue weighted by Gasteiger charge is -2.46. The monoisotopic (exact) mass is 1380 g/mol. The molecule has 106 heavy (non-hydrogen) atoms. The molecule has 0 bridgehead atoms. The summed E-state index contributed by atoms with van der Waals surface area (Å²) in [5.41, 5.74) is 9.51.